The van der Waals surface area contributed by atoms with E-state index in [2.05, 4.69) is 6.92 Å². The average Bonchev–Trinajstić information content (AvgIpc) is 2.43. The van der Waals surface area contributed by atoms with Gasteiger partial charge in [-0.25, -0.2) is 0 Å². The molecule has 0 aromatic carbocycles. The van der Waals surface area contributed by atoms with Crippen LogP contribution in [0.5, 0.6) is 0 Å². The Balaban J connectivity index is 2.97. The van der Waals surface area contributed by atoms with Gasteiger partial charge in [-0.15, -0.1) is 0 Å². The number of carbonyl (C=O) groups excluding carboxylic acids is 1. The molecule has 0 aliphatic carbocycles. The second-order valence-corrected chi connectivity index (χ2v) is 5.35. The summed E-state index contributed by atoms with van der Waals surface area (Å²) in [5.74, 6) is -0.192. The zero-order chi connectivity index (χ0) is 14.2. The second-order valence-electron chi connectivity index (χ2n) is 5.35. The van der Waals surface area contributed by atoms with E-state index in [1.807, 2.05) is 0 Å². The van der Waals surface area contributed by atoms with Crippen LogP contribution in [0.1, 0.15) is 90.9 Å². The standard InChI is InChI=1S/C17H33O2/c1-3-5-6-7-8-9-10-11-12-13-14-15-16-19-17(18)4-2/h4H,3,5-16H2,1-2H3. The van der Waals surface area contributed by atoms with Gasteiger partial charge in [-0.1, -0.05) is 84.5 Å². The van der Waals surface area contributed by atoms with E-state index in [9.17, 15) is 4.79 Å². The molecule has 0 rings (SSSR count). The van der Waals surface area contributed by atoms with Gasteiger partial charge in [0.2, 0.25) is 0 Å². The van der Waals surface area contributed by atoms with Crippen LogP contribution in [-0.2, 0) is 9.53 Å². The molecule has 113 valence electrons. The van der Waals surface area contributed by atoms with Gasteiger partial charge in [-0.05, 0) is 6.42 Å². The Morgan fingerprint density at radius 2 is 1.21 bits per heavy atom. The lowest BCUT2D eigenvalue weighted by molar-refractivity contribution is -0.139. The first-order chi connectivity index (χ1) is 9.31. The van der Waals surface area contributed by atoms with Crippen LogP contribution >= 0.6 is 0 Å². The molecule has 2 heteroatoms. The van der Waals surface area contributed by atoms with E-state index >= 15 is 0 Å². The number of hydrogen-bond acceptors (Lipinski definition) is 2. The summed E-state index contributed by atoms with van der Waals surface area (Å²) in [6.07, 6.45) is 17.5. The summed E-state index contributed by atoms with van der Waals surface area (Å²) in [7, 11) is 0. The summed E-state index contributed by atoms with van der Waals surface area (Å²) in [5.41, 5.74) is 0. The predicted octanol–water partition coefficient (Wildman–Crippen LogP) is 5.45. The van der Waals surface area contributed by atoms with Crippen molar-refractivity contribution >= 4 is 5.97 Å². The van der Waals surface area contributed by atoms with E-state index in [1.165, 1.54) is 77.0 Å². The van der Waals surface area contributed by atoms with E-state index in [1.54, 1.807) is 6.92 Å². The topological polar surface area (TPSA) is 26.3 Å². The van der Waals surface area contributed by atoms with E-state index < -0.39 is 0 Å². The maximum atomic E-state index is 10.8. The highest BCUT2D eigenvalue weighted by molar-refractivity contribution is 5.78. The molecule has 19 heavy (non-hydrogen) atoms. The summed E-state index contributed by atoms with van der Waals surface area (Å²) >= 11 is 0. The van der Waals surface area contributed by atoms with Gasteiger partial charge in [0.15, 0.2) is 0 Å². The van der Waals surface area contributed by atoms with Crippen LogP contribution in [0.15, 0.2) is 0 Å². The lowest BCUT2D eigenvalue weighted by Gasteiger charge is -2.04. The molecule has 0 aromatic heterocycles. The molecule has 0 heterocycles. The van der Waals surface area contributed by atoms with E-state index in [-0.39, 0.29) is 5.97 Å². The summed E-state index contributed by atoms with van der Waals surface area (Å²) in [6, 6.07) is 0. The van der Waals surface area contributed by atoms with Gasteiger partial charge in [-0.3, -0.25) is 4.79 Å². The Hall–Kier alpha value is -0.530. The van der Waals surface area contributed by atoms with Crippen LogP contribution in [0.2, 0.25) is 0 Å². The molecule has 0 fully saturated rings. The van der Waals surface area contributed by atoms with Crippen molar-refractivity contribution < 1.29 is 9.53 Å². The molecule has 0 saturated heterocycles. The zero-order valence-corrected chi connectivity index (χ0v) is 13.1. The molecule has 0 atom stereocenters. The molecule has 0 saturated carbocycles. The molecule has 0 spiro atoms. The van der Waals surface area contributed by atoms with Gasteiger partial charge in [-0.2, -0.15) is 0 Å². The fourth-order valence-electron chi connectivity index (χ4n) is 2.20. The van der Waals surface area contributed by atoms with Gasteiger partial charge < -0.3 is 4.74 Å². The molecule has 0 bridgehead atoms. The van der Waals surface area contributed by atoms with Crippen LogP contribution in [0.4, 0.5) is 0 Å². The summed E-state index contributed by atoms with van der Waals surface area (Å²) in [4.78, 5) is 10.8. The molecule has 0 unspecified atom stereocenters. The van der Waals surface area contributed by atoms with Crippen molar-refractivity contribution in [2.45, 2.75) is 90.9 Å². The molecule has 2 nitrogen and oxygen atoms in total. The van der Waals surface area contributed by atoms with Gasteiger partial charge >= 0.3 is 5.97 Å². The highest BCUT2D eigenvalue weighted by atomic mass is 16.5. The molecule has 0 aliphatic rings. The fraction of sp³-hybridized carbons (Fsp3) is 0.882. The van der Waals surface area contributed by atoms with Crippen molar-refractivity contribution in [3.8, 4) is 0 Å². The Bertz CT molecular complexity index is 190. The first-order valence-electron chi connectivity index (χ1n) is 8.27. The minimum Gasteiger partial charge on any atom is -0.465 e. The first kappa shape index (κ1) is 18.5. The minimum atomic E-state index is -0.192. The smallest absolute Gasteiger partial charge is 0.309 e. The number of rotatable bonds is 14. The average molecular weight is 269 g/mol. The summed E-state index contributed by atoms with van der Waals surface area (Å²) < 4.78 is 4.99. The number of esters is 1. The largest absolute Gasteiger partial charge is 0.465 e. The SMILES string of the molecule is C[CH]C(=O)OCCCCCCCCCCCCCC. The van der Waals surface area contributed by atoms with E-state index in [0.29, 0.717) is 6.61 Å². The van der Waals surface area contributed by atoms with E-state index in [0.717, 1.165) is 6.42 Å². The number of carbonyl (C=O) groups is 1. The third-order valence-electron chi connectivity index (χ3n) is 3.48. The van der Waals surface area contributed by atoms with Crippen molar-refractivity contribution in [2.75, 3.05) is 6.61 Å². The van der Waals surface area contributed by atoms with Crippen molar-refractivity contribution in [1.29, 1.82) is 0 Å². The van der Waals surface area contributed by atoms with Crippen LogP contribution in [-0.4, -0.2) is 12.6 Å². The van der Waals surface area contributed by atoms with Crippen molar-refractivity contribution in [2.24, 2.45) is 0 Å². The molecule has 1 radical (unpaired) electrons. The zero-order valence-electron chi connectivity index (χ0n) is 13.1. The van der Waals surface area contributed by atoms with Crippen molar-refractivity contribution in [1.82, 2.24) is 0 Å². The monoisotopic (exact) mass is 269 g/mol. The van der Waals surface area contributed by atoms with E-state index in [4.69, 9.17) is 4.74 Å². The minimum absolute atomic E-state index is 0.192. The molecule has 0 amide bonds. The lowest BCUT2D eigenvalue weighted by Crippen LogP contribution is -2.04. The number of hydrogen-bond donors (Lipinski definition) is 0. The summed E-state index contributed by atoms with van der Waals surface area (Å²) in [5, 5.41) is 0. The molecular weight excluding hydrogens is 236 g/mol. The predicted molar refractivity (Wildman–Crippen MR) is 82.0 cm³/mol. The van der Waals surface area contributed by atoms with Gasteiger partial charge in [0.1, 0.15) is 0 Å². The first-order valence-corrected chi connectivity index (χ1v) is 8.27. The van der Waals surface area contributed by atoms with Crippen LogP contribution in [0.3, 0.4) is 0 Å². The Kier molecular flexibility index (Phi) is 15.1. The maximum Gasteiger partial charge on any atom is 0.309 e. The van der Waals surface area contributed by atoms with Crippen molar-refractivity contribution in [3.63, 3.8) is 0 Å². The highest BCUT2D eigenvalue weighted by Crippen LogP contribution is 2.11. The van der Waals surface area contributed by atoms with Crippen LogP contribution < -0.4 is 0 Å². The highest BCUT2D eigenvalue weighted by Gasteiger charge is 1.97. The molecule has 0 aromatic rings. The third kappa shape index (κ3) is 15.4. The number of unbranched alkanes of at least 4 members (excludes halogenated alkanes) is 11. The van der Waals surface area contributed by atoms with Gasteiger partial charge in [0.25, 0.3) is 0 Å². The normalized spacial score (nSPS) is 10.6. The van der Waals surface area contributed by atoms with Crippen LogP contribution in [0.25, 0.3) is 0 Å². The van der Waals surface area contributed by atoms with Gasteiger partial charge in [0.05, 0.1) is 13.0 Å². The van der Waals surface area contributed by atoms with Gasteiger partial charge in [0, 0.05) is 0 Å². The van der Waals surface area contributed by atoms with Crippen LogP contribution in [0, 0.1) is 6.42 Å². The molecule has 0 aliphatic heterocycles. The summed E-state index contributed by atoms with van der Waals surface area (Å²) in [6.45, 7) is 4.56. The maximum absolute atomic E-state index is 10.8. The third-order valence-corrected chi connectivity index (χ3v) is 3.48. The number of ether oxygens (including phenoxy) is 1. The Labute approximate surface area is 120 Å². The molecular formula is C17H33O2. The fourth-order valence-corrected chi connectivity index (χ4v) is 2.20. The second kappa shape index (κ2) is 15.5. The van der Waals surface area contributed by atoms with Crippen molar-refractivity contribution in [3.05, 3.63) is 6.42 Å². The molecule has 0 N–H and O–H groups in total. The Morgan fingerprint density at radius 3 is 1.63 bits per heavy atom. The Morgan fingerprint density at radius 1 is 0.789 bits per heavy atom. The quantitative estimate of drug-likeness (QED) is 0.309. The lowest BCUT2D eigenvalue weighted by atomic mass is 10.1.